The van der Waals surface area contributed by atoms with E-state index in [0.29, 0.717) is 51.4 Å². The highest BCUT2D eigenvalue weighted by Gasteiger charge is 2.30. The summed E-state index contributed by atoms with van der Waals surface area (Å²) in [5.41, 5.74) is 3.22. The monoisotopic (exact) mass is 539 g/mol. The van der Waals surface area contributed by atoms with Gasteiger partial charge in [-0.25, -0.2) is 4.98 Å². The second-order valence-corrected chi connectivity index (χ2v) is 10.2. The van der Waals surface area contributed by atoms with Crippen molar-refractivity contribution in [1.29, 1.82) is 0 Å². The van der Waals surface area contributed by atoms with Crippen LogP contribution >= 0.6 is 0 Å². The standard InChI is InChI=1S/C32H33N3O5/c1-32(2,37)29(16-20-18-33-24-12-8-6-10-21(20)24)35-31(36)23-17-26(34-25-13-9-7-11-22(23)25)19-14-27(38-3)30(40-5)28(15-19)39-4/h6-15,17-18,29,33,37H,16H2,1-5H3,(H,35,36)/t29-/m1/s1. The minimum absolute atomic E-state index is 0.306. The Morgan fingerprint density at radius 2 is 1.60 bits per heavy atom. The summed E-state index contributed by atoms with van der Waals surface area (Å²) in [6.07, 6.45) is 2.38. The topological polar surface area (TPSA) is 106 Å². The Kier molecular flexibility index (Phi) is 7.36. The molecular weight excluding hydrogens is 506 g/mol. The van der Waals surface area contributed by atoms with E-state index in [1.54, 1.807) is 53.4 Å². The lowest BCUT2D eigenvalue weighted by atomic mass is 9.91. The van der Waals surface area contributed by atoms with E-state index in [-0.39, 0.29) is 5.91 Å². The second-order valence-electron chi connectivity index (χ2n) is 10.2. The lowest BCUT2D eigenvalue weighted by Gasteiger charge is -2.30. The zero-order valence-electron chi connectivity index (χ0n) is 23.2. The Hall–Kier alpha value is -4.56. The molecule has 1 atom stereocenters. The van der Waals surface area contributed by atoms with Gasteiger partial charge in [0.1, 0.15) is 0 Å². The number of hydrogen-bond donors (Lipinski definition) is 3. The fourth-order valence-electron chi connectivity index (χ4n) is 4.97. The van der Waals surface area contributed by atoms with Gasteiger partial charge in [0.05, 0.1) is 49.7 Å². The number of methoxy groups -OCH3 is 3. The zero-order chi connectivity index (χ0) is 28.4. The summed E-state index contributed by atoms with van der Waals surface area (Å²) in [5.74, 6) is 1.13. The van der Waals surface area contributed by atoms with Gasteiger partial charge < -0.3 is 29.6 Å². The van der Waals surface area contributed by atoms with Gasteiger partial charge in [-0.05, 0) is 56.2 Å². The summed E-state index contributed by atoms with van der Waals surface area (Å²) in [6.45, 7) is 3.41. The van der Waals surface area contributed by atoms with E-state index >= 15 is 0 Å². The maximum atomic E-state index is 13.9. The van der Waals surface area contributed by atoms with Crippen molar-refractivity contribution in [3.05, 3.63) is 84.1 Å². The van der Waals surface area contributed by atoms with Crippen molar-refractivity contribution in [2.75, 3.05) is 21.3 Å². The summed E-state index contributed by atoms with van der Waals surface area (Å²) in [4.78, 5) is 22.0. The Balaban J connectivity index is 1.56. The summed E-state index contributed by atoms with van der Waals surface area (Å²) >= 11 is 0. The molecule has 0 fully saturated rings. The minimum atomic E-state index is -1.18. The molecule has 2 aromatic heterocycles. The molecule has 0 aliphatic carbocycles. The molecule has 0 aliphatic heterocycles. The predicted octanol–water partition coefficient (Wildman–Crippen LogP) is 5.52. The van der Waals surface area contributed by atoms with E-state index in [1.165, 1.54) is 0 Å². The van der Waals surface area contributed by atoms with Crippen LogP contribution < -0.4 is 19.5 Å². The lowest BCUT2D eigenvalue weighted by Crippen LogP contribution is -2.50. The van der Waals surface area contributed by atoms with Crippen LogP contribution in [0.3, 0.4) is 0 Å². The third-order valence-corrected chi connectivity index (χ3v) is 7.18. The molecule has 2 heterocycles. The molecular formula is C32H33N3O5. The summed E-state index contributed by atoms with van der Waals surface area (Å²) < 4.78 is 16.5. The number of nitrogens with one attached hydrogen (secondary N) is 2. The number of pyridine rings is 1. The largest absolute Gasteiger partial charge is 0.493 e. The number of aliphatic hydroxyl groups is 1. The van der Waals surface area contributed by atoms with E-state index in [4.69, 9.17) is 19.2 Å². The molecule has 3 aromatic carbocycles. The van der Waals surface area contributed by atoms with Gasteiger partial charge in [-0.2, -0.15) is 0 Å². The average Bonchev–Trinajstić information content (AvgIpc) is 3.37. The number of hydrogen-bond acceptors (Lipinski definition) is 6. The molecule has 5 aromatic rings. The number of fused-ring (bicyclic) bond motifs is 2. The summed E-state index contributed by atoms with van der Waals surface area (Å²) in [6, 6.07) is 20.3. The van der Waals surface area contributed by atoms with E-state index in [2.05, 4.69) is 10.3 Å². The minimum Gasteiger partial charge on any atom is -0.493 e. The molecule has 0 bridgehead atoms. The number of carbonyl (C=O) groups is 1. The Morgan fingerprint density at radius 1 is 0.950 bits per heavy atom. The van der Waals surface area contributed by atoms with Crippen LogP contribution in [0.2, 0.25) is 0 Å². The maximum Gasteiger partial charge on any atom is 0.252 e. The van der Waals surface area contributed by atoms with Crippen molar-refractivity contribution in [1.82, 2.24) is 15.3 Å². The van der Waals surface area contributed by atoms with Crippen LogP contribution in [-0.4, -0.2) is 54.0 Å². The molecule has 0 unspecified atom stereocenters. The van der Waals surface area contributed by atoms with Crippen LogP contribution in [0.5, 0.6) is 17.2 Å². The van der Waals surface area contributed by atoms with Gasteiger partial charge in [-0.15, -0.1) is 0 Å². The van der Waals surface area contributed by atoms with Crippen LogP contribution in [0.4, 0.5) is 0 Å². The second kappa shape index (κ2) is 10.9. The maximum absolute atomic E-state index is 13.9. The van der Waals surface area contributed by atoms with Crippen LogP contribution in [0, 0.1) is 0 Å². The fourth-order valence-corrected chi connectivity index (χ4v) is 4.97. The van der Waals surface area contributed by atoms with Gasteiger partial charge in [0.15, 0.2) is 11.5 Å². The number of rotatable bonds is 9. The molecule has 1 amide bonds. The highest BCUT2D eigenvalue weighted by atomic mass is 16.5. The first-order chi connectivity index (χ1) is 19.2. The van der Waals surface area contributed by atoms with Crippen LogP contribution in [0.15, 0.2) is 72.9 Å². The number of aromatic nitrogens is 2. The molecule has 206 valence electrons. The van der Waals surface area contributed by atoms with Crippen molar-refractivity contribution in [2.45, 2.75) is 31.9 Å². The third kappa shape index (κ3) is 5.18. The molecule has 3 N–H and O–H groups in total. The molecule has 0 aliphatic rings. The van der Waals surface area contributed by atoms with Crippen LogP contribution in [-0.2, 0) is 6.42 Å². The lowest BCUT2D eigenvalue weighted by molar-refractivity contribution is 0.0352. The molecule has 0 saturated carbocycles. The molecule has 8 nitrogen and oxygen atoms in total. The number of amides is 1. The highest BCUT2D eigenvalue weighted by Crippen LogP contribution is 2.41. The van der Waals surface area contributed by atoms with Gasteiger partial charge in [0.2, 0.25) is 5.75 Å². The number of carbonyl (C=O) groups excluding carboxylic acids is 1. The van der Waals surface area contributed by atoms with Gasteiger partial charge in [-0.3, -0.25) is 4.79 Å². The number of ether oxygens (including phenoxy) is 3. The first-order valence-corrected chi connectivity index (χ1v) is 13.0. The third-order valence-electron chi connectivity index (χ3n) is 7.18. The molecule has 0 saturated heterocycles. The van der Waals surface area contributed by atoms with Gasteiger partial charge in [0.25, 0.3) is 5.91 Å². The number of aromatic amines is 1. The van der Waals surface area contributed by atoms with Crippen LogP contribution in [0.1, 0.15) is 29.8 Å². The van der Waals surface area contributed by atoms with Gasteiger partial charge in [-0.1, -0.05) is 36.4 Å². The van der Waals surface area contributed by atoms with Crippen molar-refractivity contribution in [2.24, 2.45) is 0 Å². The molecule has 0 radical (unpaired) electrons. The predicted molar refractivity (Wildman–Crippen MR) is 156 cm³/mol. The first-order valence-electron chi connectivity index (χ1n) is 13.0. The normalized spacial score (nSPS) is 12.3. The zero-order valence-corrected chi connectivity index (χ0v) is 23.2. The number of H-pyrrole nitrogens is 1. The Labute approximate surface area is 232 Å². The smallest absolute Gasteiger partial charge is 0.252 e. The summed E-state index contributed by atoms with van der Waals surface area (Å²) in [5, 5.41) is 16.0. The van der Waals surface area contributed by atoms with Crippen molar-refractivity contribution >= 4 is 27.7 Å². The van der Waals surface area contributed by atoms with E-state index < -0.39 is 11.6 Å². The molecule has 5 rings (SSSR count). The van der Waals surface area contributed by atoms with Gasteiger partial charge >= 0.3 is 0 Å². The number of nitrogens with zero attached hydrogens (tertiary/aromatic N) is 1. The number of benzene rings is 3. The molecule has 8 heteroatoms. The van der Waals surface area contributed by atoms with Crippen molar-refractivity contribution < 1.29 is 24.1 Å². The van der Waals surface area contributed by atoms with Crippen molar-refractivity contribution in [3.63, 3.8) is 0 Å². The molecule has 0 spiro atoms. The van der Waals surface area contributed by atoms with E-state index in [0.717, 1.165) is 16.5 Å². The van der Waals surface area contributed by atoms with E-state index in [9.17, 15) is 9.90 Å². The Morgan fingerprint density at radius 3 is 2.25 bits per heavy atom. The highest BCUT2D eigenvalue weighted by molar-refractivity contribution is 6.07. The average molecular weight is 540 g/mol. The van der Waals surface area contributed by atoms with Gasteiger partial charge in [0, 0.05) is 28.0 Å². The number of para-hydroxylation sites is 2. The quantitative estimate of drug-likeness (QED) is 0.228. The van der Waals surface area contributed by atoms with E-state index in [1.807, 2.05) is 54.7 Å². The molecule has 40 heavy (non-hydrogen) atoms. The Bertz CT molecular complexity index is 1660. The SMILES string of the molecule is COc1cc(-c2cc(C(=O)N[C@H](Cc3c[nH]c4ccccc34)C(C)(C)O)c3ccccc3n2)cc(OC)c1OC. The van der Waals surface area contributed by atoms with Crippen LogP contribution in [0.25, 0.3) is 33.1 Å². The fraction of sp³-hybridized carbons (Fsp3) is 0.250. The summed E-state index contributed by atoms with van der Waals surface area (Å²) in [7, 11) is 4.66. The first kappa shape index (κ1) is 27.0. The van der Waals surface area contributed by atoms with Crippen molar-refractivity contribution in [3.8, 4) is 28.5 Å².